The van der Waals surface area contributed by atoms with Gasteiger partial charge in [-0.1, -0.05) is 6.07 Å². The summed E-state index contributed by atoms with van der Waals surface area (Å²) in [6.07, 6.45) is 3.80. The van der Waals surface area contributed by atoms with Crippen LogP contribution in [0, 0.1) is 21.4 Å². The maximum Gasteiger partial charge on any atom is 0.338 e. The van der Waals surface area contributed by atoms with Crippen molar-refractivity contribution < 1.29 is 19.2 Å². The molecule has 1 aliphatic rings. The van der Waals surface area contributed by atoms with Crippen LogP contribution < -0.4 is 5.32 Å². The number of fused-ring (bicyclic) bond motifs is 1. The number of benzene rings is 1. The minimum atomic E-state index is -0.833. The summed E-state index contributed by atoms with van der Waals surface area (Å²) in [5, 5.41) is 23.2. The largest absolute Gasteiger partial charge is 0.452 e. The van der Waals surface area contributed by atoms with E-state index in [9.17, 15) is 25.0 Å². The molecule has 0 bridgehead atoms. The van der Waals surface area contributed by atoms with Crippen LogP contribution in [0.25, 0.3) is 0 Å². The fourth-order valence-corrected chi connectivity index (χ4v) is 4.15. The predicted octanol–water partition coefficient (Wildman–Crippen LogP) is 3.20. The third-order valence-electron chi connectivity index (χ3n) is 4.16. The third kappa shape index (κ3) is 4.12. The summed E-state index contributed by atoms with van der Waals surface area (Å²) >= 11 is 1.38. The van der Waals surface area contributed by atoms with Gasteiger partial charge in [-0.15, -0.1) is 11.3 Å². The maximum absolute atomic E-state index is 12.1. The zero-order chi connectivity index (χ0) is 19.4. The van der Waals surface area contributed by atoms with Crippen molar-refractivity contribution in [3.8, 4) is 6.07 Å². The van der Waals surface area contributed by atoms with E-state index in [2.05, 4.69) is 11.4 Å². The number of hydrogen-bond acceptors (Lipinski definition) is 7. The first-order valence-corrected chi connectivity index (χ1v) is 9.07. The number of nitrogens with zero attached hydrogens (tertiary/aromatic N) is 2. The summed E-state index contributed by atoms with van der Waals surface area (Å²) in [7, 11) is 0. The van der Waals surface area contributed by atoms with Crippen LogP contribution in [0.2, 0.25) is 0 Å². The van der Waals surface area contributed by atoms with Crippen LogP contribution in [0.1, 0.15) is 39.2 Å². The van der Waals surface area contributed by atoms with Gasteiger partial charge in [0.2, 0.25) is 0 Å². The number of nitro benzene ring substituents is 1. The number of thiophene rings is 1. The monoisotopic (exact) mass is 385 g/mol. The van der Waals surface area contributed by atoms with E-state index in [-0.39, 0.29) is 11.3 Å². The molecule has 1 aromatic carbocycles. The molecule has 27 heavy (non-hydrogen) atoms. The lowest BCUT2D eigenvalue weighted by Gasteiger charge is -2.09. The van der Waals surface area contributed by atoms with Crippen LogP contribution in [-0.2, 0) is 22.4 Å². The number of nitrogens with one attached hydrogen (secondary N) is 1. The summed E-state index contributed by atoms with van der Waals surface area (Å²) in [5.74, 6) is -1.40. The van der Waals surface area contributed by atoms with Crippen LogP contribution in [-0.4, -0.2) is 23.4 Å². The number of hydrogen-bond donors (Lipinski definition) is 1. The molecule has 8 nitrogen and oxygen atoms in total. The summed E-state index contributed by atoms with van der Waals surface area (Å²) in [5.41, 5.74) is 1.23. The topological polar surface area (TPSA) is 122 Å². The highest BCUT2D eigenvalue weighted by Gasteiger charge is 2.22. The lowest BCUT2D eigenvalue weighted by molar-refractivity contribution is -0.384. The molecule has 0 spiro atoms. The van der Waals surface area contributed by atoms with Gasteiger partial charge in [-0.2, -0.15) is 5.26 Å². The van der Waals surface area contributed by atoms with E-state index < -0.39 is 23.4 Å². The van der Waals surface area contributed by atoms with Crippen molar-refractivity contribution in [2.75, 3.05) is 11.9 Å². The second-order valence-corrected chi connectivity index (χ2v) is 7.06. The average molecular weight is 385 g/mol. The van der Waals surface area contributed by atoms with E-state index in [1.54, 1.807) is 0 Å². The molecule has 138 valence electrons. The van der Waals surface area contributed by atoms with Crippen LogP contribution in [0.4, 0.5) is 10.7 Å². The van der Waals surface area contributed by atoms with E-state index in [0.717, 1.165) is 42.2 Å². The fourth-order valence-electron chi connectivity index (χ4n) is 2.90. The Labute approximate surface area is 158 Å². The Kier molecular flexibility index (Phi) is 5.47. The normalized spacial score (nSPS) is 12.6. The third-order valence-corrected chi connectivity index (χ3v) is 5.37. The van der Waals surface area contributed by atoms with E-state index in [1.165, 1.54) is 29.5 Å². The second-order valence-electron chi connectivity index (χ2n) is 5.96. The molecular weight excluding hydrogens is 370 g/mol. The molecule has 1 amide bonds. The Morgan fingerprint density at radius 3 is 2.85 bits per heavy atom. The summed E-state index contributed by atoms with van der Waals surface area (Å²) in [4.78, 5) is 35.3. The van der Waals surface area contributed by atoms with E-state index in [1.807, 2.05) is 0 Å². The number of anilines is 1. The Bertz CT molecular complexity index is 960. The number of amides is 1. The fraction of sp³-hybridized carbons (Fsp3) is 0.278. The molecule has 2 aromatic rings. The van der Waals surface area contributed by atoms with Crippen LogP contribution >= 0.6 is 11.3 Å². The molecular formula is C18H15N3O5S. The van der Waals surface area contributed by atoms with Gasteiger partial charge in [-0.3, -0.25) is 14.9 Å². The van der Waals surface area contributed by atoms with Crippen molar-refractivity contribution in [2.45, 2.75) is 25.7 Å². The van der Waals surface area contributed by atoms with Gasteiger partial charge in [0.15, 0.2) is 6.61 Å². The molecule has 0 saturated carbocycles. The Morgan fingerprint density at radius 2 is 2.11 bits per heavy atom. The molecule has 9 heteroatoms. The zero-order valence-corrected chi connectivity index (χ0v) is 15.0. The first-order chi connectivity index (χ1) is 13.0. The molecule has 0 aliphatic heterocycles. The molecule has 0 radical (unpaired) electrons. The molecule has 1 N–H and O–H groups in total. The number of esters is 1. The second kappa shape index (κ2) is 7.97. The average Bonchev–Trinajstić information content (AvgIpc) is 3.02. The predicted molar refractivity (Wildman–Crippen MR) is 97.7 cm³/mol. The molecule has 0 fully saturated rings. The number of non-ortho nitro benzene ring substituents is 1. The van der Waals surface area contributed by atoms with Crippen molar-refractivity contribution >= 4 is 33.9 Å². The minimum absolute atomic E-state index is 0.0127. The Hall–Kier alpha value is -3.25. The van der Waals surface area contributed by atoms with Gasteiger partial charge < -0.3 is 10.1 Å². The molecule has 0 unspecified atom stereocenters. The van der Waals surface area contributed by atoms with Gasteiger partial charge in [0, 0.05) is 17.0 Å². The van der Waals surface area contributed by atoms with E-state index in [4.69, 9.17) is 4.74 Å². The van der Waals surface area contributed by atoms with Gasteiger partial charge in [0.25, 0.3) is 11.6 Å². The molecule has 1 aliphatic carbocycles. The Balaban J connectivity index is 1.63. The number of rotatable bonds is 5. The molecule has 0 atom stereocenters. The summed E-state index contributed by atoms with van der Waals surface area (Å²) in [6, 6.07) is 7.22. The number of nitro groups is 1. The van der Waals surface area contributed by atoms with E-state index in [0.29, 0.717) is 10.6 Å². The number of ether oxygens (including phenoxy) is 1. The molecule has 1 aromatic heterocycles. The highest BCUT2D eigenvalue weighted by atomic mass is 32.1. The van der Waals surface area contributed by atoms with Crippen molar-refractivity contribution in [2.24, 2.45) is 0 Å². The molecule has 3 rings (SSSR count). The SMILES string of the molecule is N#Cc1c(NC(=O)COC(=O)c2cccc([N+](=O)[O-])c2)sc2c1CCCC2. The number of carbonyl (C=O) groups is 2. The lowest BCUT2D eigenvalue weighted by Crippen LogP contribution is -2.21. The van der Waals surface area contributed by atoms with Gasteiger partial charge in [0.1, 0.15) is 11.1 Å². The van der Waals surface area contributed by atoms with Crippen LogP contribution in [0.5, 0.6) is 0 Å². The quantitative estimate of drug-likeness (QED) is 0.479. The van der Waals surface area contributed by atoms with E-state index >= 15 is 0 Å². The number of nitriles is 1. The highest BCUT2D eigenvalue weighted by molar-refractivity contribution is 7.16. The number of aryl methyl sites for hydroxylation is 1. The van der Waals surface area contributed by atoms with Gasteiger partial charge >= 0.3 is 5.97 Å². The standard InChI is InChI=1S/C18H15N3O5S/c19-9-14-13-6-1-2-7-15(13)27-17(14)20-16(22)10-26-18(23)11-4-3-5-12(8-11)21(24)25/h3-5,8H,1-2,6-7,10H2,(H,20,22). The molecule has 1 heterocycles. The Morgan fingerprint density at radius 1 is 1.33 bits per heavy atom. The number of carbonyl (C=O) groups excluding carboxylic acids is 2. The minimum Gasteiger partial charge on any atom is -0.452 e. The summed E-state index contributed by atoms with van der Waals surface area (Å²) < 4.78 is 4.92. The first kappa shape index (κ1) is 18.5. The smallest absolute Gasteiger partial charge is 0.338 e. The van der Waals surface area contributed by atoms with Gasteiger partial charge in [0.05, 0.1) is 16.1 Å². The van der Waals surface area contributed by atoms with Crippen LogP contribution in [0.15, 0.2) is 24.3 Å². The molecule has 0 saturated heterocycles. The van der Waals surface area contributed by atoms with Crippen molar-refractivity contribution in [1.29, 1.82) is 5.26 Å². The maximum atomic E-state index is 12.1. The van der Waals surface area contributed by atoms with Crippen LogP contribution in [0.3, 0.4) is 0 Å². The van der Waals surface area contributed by atoms with Crippen molar-refractivity contribution in [3.63, 3.8) is 0 Å². The summed E-state index contributed by atoms with van der Waals surface area (Å²) in [6.45, 7) is -0.547. The van der Waals surface area contributed by atoms with Gasteiger partial charge in [-0.05, 0) is 37.3 Å². The first-order valence-electron chi connectivity index (χ1n) is 8.25. The highest BCUT2D eigenvalue weighted by Crippen LogP contribution is 2.37. The lowest BCUT2D eigenvalue weighted by atomic mass is 9.96. The van der Waals surface area contributed by atoms with Crippen molar-refractivity contribution in [1.82, 2.24) is 0 Å². The van der Waals surface area contributed by atoms with Gasteiger partial charge in [-0.25, -0.2) is 4.79 Å². The van der Waals surface area contributed by atoms with Crippen molar-refractivity contribution in [3.05, 3.63) is 55.9 Å². The zero-order valence-electron chi connectivity index (χ0n) is 14.2.